The van der Waals surface area contributed by atoms with Gasteiger partial charge in [-0.15, -0.1) is 0 Å². The van der Waals surface area contributed by atoms with E-state index in [-0.39, 0.29) is 38.6 Å². The van der Waals surface area contributed by atoms with Crippen LogP contribution >= 0.6 is 0 Å². The molecule has 3 N–H and O–H groups in total. The SMILES string of the molecule is [CH2-]C(NC(=O)CC)B(O)O.[Y]. The van der Waals surface area contributed by atoms with E-state index in [0.29, 0.717) is 6.42 Å². The van der Waals surface area contributed by atoms with Crippen LogP contribution in [-0.2, 0) is 37.5 Å². The van der Waals surface area contributed by atoms with Gasteiger partial charge in [-0.2, -0.15) is 0 Å². The van der Waals surface area contributed by atoms with Gasteiger partial charge >= 0.3 is 7.12 Å². The van der Waals surface area contributed by atoms with E-state index in [1.807, 2.05) is 0 Å². The molecule has 61 valence electrons. The van der Waals surface area contributed by atoms with Crippen molar-refractivity contribution in [2.24, 2.45) is 0 Å². The fraction of sp³-hybridized carbons (Fsp3) is 0.600. The van der Waals surface area contributed by atoms with E-state index in [1.165, 1.54) is 0 Å². The van der Waals surface area contributed by atoms with Gasteiger partial charge < -0.3 is 22.3 Å². The number of carbonyl (C=O) groups excluding carboxylic acids is 1. The van der Waals surface area contributed by atoms with Crippen molar-refractivity contribution < 1.29 is 47.6 Å². The summed E-state index contributed by atoms with van der Waals surface area (Å²) >= 11 is 0. The van der Waals surface area contributed by atoms with Crippen molar-refractivity contribution in [1.29, 1.82) is 0 Å². The summed E-state index contributed by atoms with van der Waals surface area (Å²) < 4.78 is 0. The minimum absolute atomic E-state index is 0. The third-order valence-electron chi connectivity index (χ3n) is 1.03. The molecule has 0 saturated heterocycles. The number of nitrogens with one attached hydrogen (secondary N) is 1. The molecule has 0 heterocycles. The Hall–Kier alpha value is 0.559. The molecule has 0 aromatic heterocycles. The van der Waals surface area contributed by atoms with E-state index in [0.717, 1.165) is 0 Å². The molecular weight excluding hydrogens is 222 g/mol. The molecule has 11 heavy (non-hydrogen) atoms. The van der Waals surface area contributed by atoms with Gasteiger partial charge in [-0.3, -0.25) is 4.79 Å². The molecule has 1 unspecified atom stereocenters. The predicted molar refractivity (Wildman–Crippen MR) is 37.8 cm³/mol. The molecule has 0 fully saturated rings. The van der Waals surface area contributed by atoms with Gasteiger partial charge in [-0.1, -0.05) is 12.9 Å². The molecule has 4 nitrogen and oxygen atoms in total. The fourth-order valence-corrected chi connectivity index (χ4v) is 0.383. The summed E-state index contributed by atoms with van der Waals surface area (Å²) in [5.74, 6) is -1.08. The zero-order valence-electron chi connectivity index (χ0n) is 6.45. The van der Waals surface area contributed by atoms with Crippen LogP contribution in [0.15, 0.2) is 0 Å². The van der Waals surface area contributed by atoms with Crippen molar-refractivity contribution in [2.45, 2.75) is 19.3 Å². The zero-order chi connectivity index (χ0) is 8.15. The number of rotatable bonds is 3. The maximum absolute atomic E-state index is 10.6. The Morgan fingerprint density at radius 3 is 2.45 bits per heavy atom. The first-order valence-electron chi connectivity index (χ1n) is 3.06. The summed E-state index contributed by atoms with van der Waals surface area (Å²) in [5.41, 5.74) is 0. The smallest absolute Gasteiger partial charge is 0.427 e. The van der Waals surface area contributed by atoms with Crippen LogP contribution in [0.5, 0.6) is 0 Å². The predicted octanol–water partition coefficient (Wildman–Crippen LogP) is -1.28. The maximum atomic E-state index is 10.6. The second kappa shape index (κ2) is 7.22. The van der Waals surface area contributed by atoms with E-state index in [4.69, 9.17) is 10.0 Å². The van der Waals surface area contributed by atoms with Crippen LogP contribution in [0, 0.1) is 6.92 Å². The quantitative estimate of drug-likeness (QED) is 0.420. The molecule has 0 aliphatic heterocycles. The molecule has 6 heteroatoms. The second-order valence-corrected chi connectivity index (χ2v) is 1.94. The van der Waals surface area contributed by atoms with Crippen molar-refractivity contribution in [2.75, 3.05) is 0 Å². The molecule has 0 aromatic rings. The van der Waals surface area contributed by atoms with Gasteiger partial charge in [0.1, 0.15) is 0 Å². The van der Waals surface area contributed by atoms with Crippen LogP contribution in [0.1, 0.15) is 13.3 Å². The average molecular weight is 233 g/mol. The minimum atomic E-state index is -1.59. The number of hydrogen-bond acceptors (Lipinski definition) is 3. The number of carbonyl (C=O) groups is 1. The summed E-state index contributed by atoms with van der Waals surface area (Å²) in [7, 11) is -1.59. The molecule has 0 bridgehead atoms. The Balaban J connectivity index is 0. The van der Waals surface area contributed by atoms with Crippen LogP contribution in [0.2, 0.25) is 0 Å². The van der Waals surface area contributed by atoms with Gasteiger partial charge in [0.25, 0.3) is 0 Å². The molecular formula is C5H11BNO3Y-. The minimum Gasteiger partial charge on any atom is -0.427 e. The fourth-order valence-electron chi connectivity index (χ4n) is 0.383. The number of amides is 1. The van der Waals surface area contributed by atoms with E-state index in [2.05, 4.69) is 12.2 Å². The van der Waals surface area contributed by atoms with Crippen LogP contribution in [0.3, 0.4) is 0 Å². The van der Waals surface area contributed by atoms with Gasteiger partial charge in [0.05, 0.1) is 0 Å². The average Bonchev–Trinajstić information content (AvgIpc) is 1.87. The first-order valence-corrected chi connectivity index (χ1v) is 3.06. The van der Waals surface area contributed by atoms with Crippen molar-refractivity contribution in [3.05, 3.63) is 6.92 Å². The Kier molecular flexibility index (Phi) is 9.26. The standard InChI is InChI=1S/C5H11BNO3.Y/c1-3-5(8)7-4(2)6(9)10;/h4,9-10H,2-3H2,1H3,(H,7,8);/q-1;. The van der Waals surface area contributed by atoms with Crippen molar-refractivity contribution in [1.82, 2.24) is 5.32 Å². The Labute approximate surface area is 91.8 Å². The second-order valence-electron chi connectivity index (χ2n) is 1.94. The van der Waals surface area contributed by atoms with E-state index in [9.17, 15) is 4.79 Å². The Morgan fingerprint density at radius 2 is 2.18 bits per heavy atom. The molecule has 0 aromatic carbocycles. The van der Waals surface area contributed by atoms with Gasteiger partial charge in [0.15, 0.2) is 0 Å². The van der Waals surface area contributed by atoms with E-state index < -0.39 is 13.1 Å². The molecule has 0 aliphatic carbocycles. The molecule has 0 saturated carbocycles. The topological polar surface area (TPSA) is 69.6 Å². The summed E-state index contributed by atoms with van der Waals surface area (Å²) in [5, 5.41) is 19.2. The normalized spacial score (nSPS) is 11.3. The third-order valence-corrected chi connectivity index (χ3v) is 1.03. The summed E-state index contributed by atoms with van der Waals surface area (Å²) in [4.78, 5) is 10.6. The third kappa shape index (κ3) is 6.94. The molecule has 1 amide bonds. The molecule has 0 aliphatic rings. The van der Waals surface area contributed by atoms with Crippen LogP contribution in [-0.4, -0.2) is 29.0 Å². The summed E-state index contributed by atoms with van der Waals surface area (Å²) in [6, 6.07) is 0. The molecule has 0 rings (SSSR count). The Morgan fingerprint density at radius 1 is 1.73 bits per heavy atom. The number of hydrogen-bond donors (Lipinski definition) is 3. The maximum Gasteiger partial charge on any atom is 0.442 e. The van der Waals surface area contributed by atoms with Crippen LogP contribution in [0.4, 0.5) is 0 Å². The van der Waals surface area contributed by atoms with Crippen molar-refractivity contribution in [3.63, 3.8) is 0 Å². The first kappa shape index (κ1) is 14.1. The van der Waals surface area contributed by atoms with Gasteiger partial charge in [-0.05, 0) is 0 Å². The summed E-state index contributed by atoms with van der Waals surface area (Å²) in [6.45, 7) is 4.97. The first-order chi connectivity index (χ1) is 4.57. The van der Waals surface area contributed by atoms with Crippen molar-refractivity contribution >= 4 is 13.0 Å². The molecule has 1 atom stereocenters. The van der Waals surface area contributed by atoms with Crippen LogP contribution in [0.25, 0.3) is 0 Å². The van der Waals surface area contributed by atoms with E-state index >= 15 is 0 Å². The van der Waals surface area contributed by atoms with E-state index in [1.54, 1.807) is 6.92 Å². The van der Waals surface area contributed by atoms with Gasteiger partial charge in [-0.25, -0.2) is 0 Å². The van der Waals surface area contributed by atoms with Crippen LogP contribution < -0.4 is 5.32 Å². The monoisotopic (exact) mass is 233 g/mol. The largest absolute Gasteiger partial charge is 0.442 e. The van der Waals surface area contributed by atoms with Gasteiger partial charge in [0.2, 0.25) is 5.91 Å². The Bertz CT molecular complexity index is 122. The van der Waals surface area contributed by atoms with Gasteiger partial charge in [0, 0.05) is 39.1 Å². The van der Waals surface area contributed by atoms with Crippen molar-refractivity contribution in [3.8, 4) is 0 Å². The molecule has 1 radical (unpaired) electrons. The summed E-state index contributed by atoms with van der Waals surface area (Å²) in [6.07, 6.45) is 0.318. The zero-order valence-corrected chi connectivity index (χ0v) is 9.29. The molecule has 0 spiro atoms.